The second-order valence-electron chi connectivity index (χ2n) is 14.2. The number of benzene rings is 2. The molecule has 3 amide bonds. The van der Waals surface area contributed by atoms with Crippen LogP contribution < -0.4 is 14.8 Å². The first-order valence-electron chi connectivity index (χ1n) is 17.8. The largest absolute Gasteiger partial charge is 0.497 e. The molecule has 270 valence electrons. The topological polar surface area (TPSA) is 133 Å². The second-order valence-corrected chi connectivity index (χ2v) is 16.1. The number of nitrogens with one attached hydrogen (secondary N) is 2. The van der Waals surface area contributed by atoms with E-state index in [1.54, 1.807) is 24.1 Å². The molecule has 13 heteroatoms. The number of carbonyl (C=O) groups is 3. The van der Waals surface area contributed by atoms with Crippen LogP contribution in [0.2, 0.25) is 0 Å². The van der Waals surface area contributed by atoms with Crippen LogP contribution in [-0.4, -0.2) is 105 Å². The van der Waals surface area contributed by atoms with Gasteiger partial charge in [-0.25, -0.2) is 4.72 Å². The molecule has 1 saturated heterocycles. The van der Waals surface area contributed by atoms with Gasteiger partial charge in [0.15, 0.2) is 0 Å². The fraction of sp³-hybridized carbons (Fsp3) is 0.541. The molecule has 12 nitrogen and oxygen atoms in total. The van der Waals surface area contributed by atoms with Crippen LogP contribution in [0.3, 0.4) is 0 Å². The van der Waals surface area contributed by atoms with Crippen LogP contribution in [0.25, 0.3) is 22.2 Å². The predicted molar refractivity (Wildman–Crippen MR) is 193 cm³/mol. The summed E-state index contributed by atoms with van der Waals surface area (Å²) in [5.41, 5.74) is 5.26. The Labute approximate surface area is 295 Å². The normalized spacial score (nSPS) is 19.7. The molecule has 2 fully saturated rings. The number of carbonyl (C=O) groups excluding carboxylic acids is 3. The van der Waals surface area contributed by atoms with Gasteiger partial charge in [-0.1, -0.05) is 32.3 Å². The van der Waals surface area contributed by atoms with Crippen LogP contribution in [0, 0.1) is 0 Å². The summed E-state index contributed by atoms with van der Waals surface area (Å²) in [5.74, 6) is -0.846. The number of nitrogens with zero attached hydrogens (tertiary/aromatic N) is 4. The number of aromatic nitrogens is 1. The minimum Gasteiger partial charge on any atom is -0.497 e. The van der Waals surface area contributed by atoms with Crippen molar-refractivity contribution in [2.24, 2.45) is 0 Å². The van der Waals surface area contributed by atoms with E-state index in [-0.39, 0.29) is 11.6 Å². The SMILES string of the molecule is CCN(C)CC1CCCN1C(=O)C(=O)NC1Cc2cc(OC)ccc2-c2c(C3CCCCC3)c3ccc(C(=O)NS(=O)(=O)N(C)C)cc3n2C1. The van der Waals surface area contributed by atoms with Crippen LogP contribution in [0.15, 0.2) is 36.4 Å². The Morgan fingerprint density at radius 3 is 2.44 bits per heavy atom. The Hall–Kier alpha value is -3.94. The molecule has 2 N–H and O–H groups in total. The molecule has 0 bridgehead atoms. The zero-order chi connectivity index (χ0) is 35.7. The molecule has 6 rings (SSSR count). The van der Waals surface area contributed by atoms with Crippen LogP contribution in [0.1, 0.15) is 79.3 Å². The maximum atomic E-state index is 13.7. The molecular weight excluding hydrogens is 657 g/mol. The summed E-state index contributed by atoms with van der Waals surface area (Å²) in [7, 11) is 2.38. The van der Waals surface area contributed by atoms with Crippen molar-refractivity contribution in [3.05, 3.63) is 53.1 Å². The van der Waals surface area contributed by atoms with E-state index in [9.17, 15) is 22.8 Å². The van der Waals surface area contributed by atoms with E-state index >= 15 is 0 Å². The minimum atomic E-state index is -4.00. The number of hydrogen-bond donors (Lipinski definition) is 2. The third kappa shape index (κ3) is 7.13. The number of rotatable bonds is 9. The van der Waals surface area contributed by atoms with Gasteiger partial charge in [0.05, 0.1) is 18.8 Å². The van der Waals surface area contributed by atoms with Gasteiger partial charge in [-0.3, -0.25) is 14.4 Å². The van der Waals surface area contributed by atoms with Crippen LogP contribution in [-0.2, 0) is 32.8 Å². The Balaban J connectivity index is 1.43. The van der Waals surface area contributed by atoms with E-state index in [1.807, 2.05) is 25.2 Å². The Morgan fingerprint density at radius 2 is 1.74 bits per heavy atom. The first-order valence-corrected chi connectivity index (χ1v) is 19.2. The zero-order valence-corrected chi connectivity index (χ0v) is 30.6. The fourth-order valence-corrected chi connectivity index (χ4v) is 8.51. The summed E-state index contributed by atoms with van der Waals surface area (Å²) in [5, 5.41) is 4.11. The average Bonchev–Trinajstić information content (AvgIpc) is 3.65. The number of amides is 3. The molecule has 3 heterocycles. The molecule has 1 aromatic heterocycles. The smallest absolute Gasteiger partial charge is 0.312 e. The van der Waals surface area contributed by atoms with Crippen molar-refractivity contribution < 1.29 is 27.5 Å². The third-order valence-corrected chi connectivity index (χ3v) is 12.2. The molecule has 3 aliphatic rings. The van der Waals surface area contributed by atoms with Crippen molar-refractivity contribution >= 4 is 38.8 Å². The van der Waals surface area contributed by atoms with E-state index in [1.165, 1.54) is 26.1 Å². The van der Waals surface area contributed by atoms with Crippen LogP contribution in [0.5, 0.6) is 5.75 Å². The maximum Gasteiger partial charge on any atom is 0.312 e. The molecule has 1 aliphatic carbocycles. The third-order valence-electron chi connectivity index (χ3n) is 10.7. The van der Waals surface area contributed by atoms with E-state index in [2.05, 4.69) is 32.5 Å². The highest BCUT2D eigenvalue weighted by Gasteiger charge is 2.36. The number of fused-ring (bicyclic) bond motifs is 5. The average molecular weight is 707 g/mol. The second kappa shape index (κ2) is 14.7. The summed E-state index contributed by atoms with van der Waals surface area (Å²) in [6, 6.07) is 10.9. The lowest BCUT2D eigenvalue weighted by molar-refractivity contribution is -0.147. The summed E-state index contributed by atoms with van der Waals surface area (Å²) < 4.78 is 36.0. The Morgan fingerprint density at radius 1 is 0.980 bits per heavy atom. The molecule has 2 atom stereocenters. The van der Waals surface area contributed by atoms with Gasteiger partial charge >= 0.3 is 22.0 Å². The maximum absolute atomic E-state index is 13.7. The Kier molecular flexibility index (Phi) is 10.6. The standard InChI is InChI=1S/C37H50N6O6S/c1-6-41(4)23-28-13-10-18-42(28)37(46)36(45)38-27-19-26-20-29(49-5)15-17-30(26)34-33(24-11-8-7-9-12-24)31-16-14-25(21-32(31)43(34)22-27)35(44)39-50(47,48)40(2)3/h14-17,20-21,24,27-28H,6-13,18-19,22-23H2,1-5H3,(H,38,45)(H,39,44). The number of ether oxygens (including phenoxy) is 1. The van der Waals surface area contributed by atoms with Crippen LogP contribution >= 0.6 is 0 Å². The summed E-state index contributed by atoms with van der Waals surface area (Å²) in [4.78, 5) is 44.6. The quantitative estimate of drug-likeness (QED) is 0.323. The van der Waals surface area contributed by atoms with E-state index in [4.69, 9.17) is 4.74 Å². The number of methoxy groups -OCH3 is 1. The van der Waals surface area contributed by atoms with Crippen molar-refractivity contribution in [1.29, 1.82) is 0 Å². The van der Waals surface area contributed by atoms with Gasteiger partial charge < -0.3 is 24.4 Å². The Bertz CT molecular complexity index is 1880. The van der Waals surface area contributed by atoms with E-state index in [0.717, 1.165) is 83.6 Å². The fourth-order valence-electron chi connectivity index (χ4n) is 7.97. The zero-order valence-electron chi connectivity index (χ0n) is 29.8. The van der Waals surface area contributed by atoms with Crippen LogP contribution in [0.4, 0.5) is 0 Å². The highest BCUT2D eigenvalue weighted by Crippen LogP contribution is 2.46. The first-order chi connectivity index (χ1) is 23.9. The van der Waals surface area contributed by atoms with Gasteiger partial charge in [0.25, 0.3) is 5.91 Å². The summed E-state index contributed by atoms with van der Waals surface area (Å²) in [6.07, 6.45) is 7.74. The molecular formula is C37H50N6O6S. The molecule has 0 radical (unpaired) electrons. The molecule has 1 saturated carbocycles. The van der Waals surface area contributed by atoms with Gasteiger partial charge in [-0.05, 0) is 93.1 Å². The van der Waals surface area contributed by atoms with Crippen molar-refractivity contribution in [1.82, 2.24) is 28.7 Å². The predicted octanol–water partition coefficient (Wildman–Crippen LogP) is 3.88. The van der Waals surface area contributed by atoms with Gasteiger partial charge in [0.2, 0.25) is 0 Å². The van der Waals surface area contributed by atoms with Crippen molar-refractivity contribution in [2.45, 2.75) is 82.8 Å². The minimum absolute atomic E-state index is 0.00348. The molecule has 2 aliphatic heterocycles. The number of hydrogen-bond acceptors (Lipinski definition) is 7. The van der Waals surface area contributed by atoms with E-state index in [0.29, 0.717) is 31.2 Å². The molecule has 2 aromatic carbocycles. The summed E-state index contributed by atoms with van der Waals surface area (Å²) in [6.45, 7) is 4.58. The number of likely N-dealkylation sites (tertiary alicyclic amines) is 1. The first kappa shape index (κ1) is 35.9. The molecule has 2 unspecified atom stereocenters. The van der Waals surface area contributed by atoms with Gasteiger partial charge in [-0.2, -0.15) is 12.7 Å². The molecule has 3 aromatic rings. The van der Waals surface area contributed by atoms with E-state index < -0.39 is 34.0 Å². The lowest BCUT2D eigenvalue weighted by atomic mass is 9.81. The molecule has 50 heavy (non-hydrogen) atoms. The summed E-state index contributed by atoms with van der Waals surface area (Å²) >= 11 is 0. The highest BCUT2D eigenvalue weighted by atomic mass is 32.2. The van der Waals surface area contributed by atoms with Crippen molar-refractivity contribution in [3.63, 3.8) is 0 Å². The van der Waals surface area contributed by atoms with Gasteiger partial charge in [0.1, 0.15) is 5.75 Å². The highest BCUT2D eigenvalue weighted by molar-refractivity contribution is 7.87. The molecule has 0 spiro atoms. The number of likely N-dealkylation sites (N-methyl/N-ethyl adjacent to an activating group) is 1. The van der Waals surface area contributed by atoms with Crippen molar-refractivity contribution in [3.8, 4) is 17.0 Å². The van der Waals surface area contributed by atoms with Crippen molar-refractivity contribution in [2.75, 3.05) is 47.9 Å². The lowest BCUT2D eigenvalue weighted by Crippen LogP contribution is -2.51. The van der Waals surface area contributed by atoms with Gasteiger partial charge in [0, 0.05) is 61.8 Å². The lowest BCUT2D eigenvalue weighted by Gasteiger charge is -2.28. The monoisotopic (exact) mass is 706 g/mol. The van der Waals surface area contributed by atoms with Gasteiger partial charge in [-0.15, -0.1) is 0 Å².